The Hall–Kier alpha value is -2.99. The van der Waals surface area contributed by atoms with E-state index in [1.165, 1.54) is 23.0 Å². The summed E-state index contributed by atoms with van der Waals surface area (Å²) >= 11 is 0. The Kier molecular flexibility index (Phi) is 6.67. The van der Waals surface area contributed by atoms with Crippen LogP contribution in [0.2, 0.25) is 0 Å². The molecule has 162 valence electrons. The van der Waals surface area contributed by atoms with Gasteiger partial charge in [-0.1, -0.05) is 0 Å². The summed E-state index contributed by atoms with van der Waals surface area (Å²) in [5.41, 5.74) is 0.454. The quantitative estimate of drug-likeness (QED) is 0.339. The highest BCUT2D eigenvalue weighted by Crippen LogP contribution is 2.25. The molecule has 0 radical (unpaired) electrons. The first kappa shape index (κ1) is 21.7. The first-order valence-corrected chi connectivity index (χ1v) is 11.0. The maximum absolute atomic E-state index is 12.4. The molecule has 2 aromatic rings. The van der Waals surface area contributed by atoms with Crippen LogP contribution in [0, 0.1) is 10.1 Å². The van der Waals surface area contributed by atoms with Gasteiger partial charge in [0.1, 0.15) is 6.20 Å². The van der Waals surface area contributed by atoms with Gasteiger partial charge >= 0.3 is 11.6 Å². The highest BCUT2D eigenvalue weighted by molar-refractivity contribution is 7.89. The van der Waals surface area contributed by atoms with Gasteiger partial charge in [-0.25, -0.2) is 13.1 Å². The average molecular weight is 437 g/mol. The number of aryl methyl sites for hydroxylation is 1. The van der Waals surface area contributed by atoms with Crippen molar-refractivity contribution < 1.29 is 22.9 Å². The molecule has 2 heterocycles. The van der Waals surface area contributed by atoms with E-state index >= 15 is 0 Å². The maximum Gasteiger partial charge on any atom is 0.350 e. The number of carbonyl (C=O) groups is 1. The van der Waals surface area contributed by atoms with Crippen LogP contribution in [0.3, 0.4) is 0 Å². The number of aromatic nitrogens is 2. The van der Waals surface area contributed by atoms with Crippen LogP contribution in [0.5, 0.6) is 5.88 Å². The highest BCUT2D eigenvalue weighted by atomic mass is 32.2. The number of anilines is 1. The largest absolute Gasteiger partial charge is 0.472 e. The Morgan fingerprint density at radius 2 is 2.03 bits per heavy atom. The molecule has 1 saturated heterocycles. The summed E-state index contributed by atoms with van der Waals surface area (Å²) in [5, 5.41) is 15.0. The van der Waals surface area contributed by atoms with Crippen molar-refractivity contribution >= 4 is 27.3 Å². The van der Waals surface area contributed by atoms with Crippen LogP contribution in [0.25, 0.3) is 0 Å². The molecule has 0 atom stereocenters. The third kappa shape index (κ3) is 4.94. The predicted molar refractivity (Wildman–Crippen MR) is 108 cm³/mol. The van der Waals surface area contributed by atoms with Gasteiger partial charge in [-0.15, -0.1) is 5.10 Å². The van der Waals surface area contributed by atoms with Gasteiger partial charge in [0.05, 0.1) is 16.4 Å². The Morgan fingerprint density at radius 3 is 2.63 bits per heavy atom. The molecule has 1 N–H and O–H groups in total. The molecule has 1 amide bonds. The number of sulfonamides is 1. The first-order chi connectivity index (χ1) is 14.3. The summed E-state index contributed by atoms with van der Waals surface area (Å²) in [4.78, 5) is 24.0. The van der Waals surface area contributed by atoms with E-state index in [2.05, 4.69) is 9.82 Å². The number of carbonyl (C=O) groups excluding carboxylic acids is 1. The van der Waals surface area contributed by atoms with Crippen LogP contribution in [-0.2, 0) is 21.4 Å². The van der Waals surface area contributed by atoms with Crippen molar-refractivity contribution in [2.45, 2.75) is 37.6 Å². The second-order valence-electron chi connectivity index (χ2n) is 6.67. The Bertz CT molecular complexity index is 1020. The summed E-state index contributed by atoms with van der Waals surface area (Å²) in [5.74, 6) is -0.0188. The smallest absolute Gasteiger partial charge is 0.350 e. The van der Waals surface area contributed by atoms with E-state index in [1.54, 1.807) is 24.0 Å². The number of nitrogens with one attached hydrogen (secondary N) is 1. The van der Waals surface area contributed by atoms with Gasteiger partial charge in [-0.3, -0.25) is 19.6 Å². The molecule has 0 spiro atoms. The zero-order chi connectivity index (χ0) is 21.7. The van der Waals surface area contributed by atoms with Crippen molar-refractivity contribution in [3.63, 3.8) is 0 Å². The minimum Gasteiger partial charge on any atom is -0.472 e. The fourth-order valence-corrected chi connectivity index (χ4v) is 4.20. The second-order valence-corrected chi connectivity index (χ2v) is 8.43. The monoisotopic (exact) mass is 437 g/mol. The molecular weight excluding hydrogens is 414 g/mol. The lowest BCUT2D eigenvalue weighted by Crippen LogP contribution is -2.26. The van der Waals surface area contributed by atoms with Crippen LogP contribution < -0.4 is 14.4 Å². The topological polar surface area (TPSA) is 137 Å². The molecule has 0 saturated carbocycles. The van der Waals surface area contributed by atoms with Crippen molar-refractivity contribution in [2.24, 2.45) is 0 Å². The van der Waals surface area contributed by atoms with Gasteiger partial charge in [0.15, 0.2) is 0 Å². The number of hydrogen-bond donors (Lipinski definition) is 1. The number of nitro groups is 1. The second kappa shape index (κ2) is 9.22. The van der Waals surface area contributed by atoms with Crippen molar-refractivity contribution in [1.29, 1.82) is 0 Å². The fourth-order valence-electron chi connectivity index (χ4n) is 3.13. The molecule has 11 nitrogen and oxygen atoms in total. The molecule has 12 heteroatoms. The predicted octanol–water partition coefficient (Wildman–Crippen LogP) is 1.69. The lowest BCUT2D eigenvalue weighted by Gasteiger charge is -2.16. The van der Waals surface area contributed by atoms with Crippen LogP contribution >= 0.6 is 0 Å². The van der Waals surface area contributed by atoms with Gasteiger partial charge in [0.2, 0.25) is 15.9 Å². The van der Waals surface area contributed by atoms with Crippen molar-refractivity contribution in [3.8, 4) is 5.88 Å². The maximum atomic E-state index is 12.4. The molecule has 30 heavy (non-hydrogen) atoms. The molecule has 1 aromatic heterocycles. The molecule has 3 rings (SSSR count). The van der Waals surface area contributed by atoms with E-state index in [4.69, 9.17) is 4.74 Å². The highest BCUT2D eigenvalue weighted by Gasteiger charge is 2.23. The van der Waals surface area contributed by atoms with Gasteiger partial charge in [0, 0.05) is 31.7 Å². The Morgan fingerprint density at radius 1 is 1.30 bits per heavy atom. The molecule has 0 bridgehead atoms. The summed E-state index contributed by atoms with van der Waals surface area (Å²) in [7, 11) is -3.71. The number of benzene rings is 1. The molecule has 0 aliphatic carbocycles. The average Bonchev–Trinajstić information content (AvgIpc) is 3.32. The number of rotatable bonds is 10. The minimum atomic E-state index is -3.71. The molecule has 1 aromatic carbocycles. The summed E-state index contributed by atoms with van der Waals surface area (Å²) in [6, 6.07) is 6.18. The molecule has 0 unspecified atom stereocenters. The summed E-state index contributed by atoms with van der Waals surface area (Å²) in [6.07, 6.45) is 2.95. The summed E-state index contributed by atoms with van der Waals surface area (Å²) < 4.78 is 33.9. The molecular formula is C18H23N5O6S. The van der Waals surface area contributed by atoms with Crippen molar-refractivity contribution in [2.75, 3.05) is 24.6 Å². The molecule has 1 aliphatic heterocycles. The minimum absolute atomic E-state index is 0.0371. The van der Waals surface area contributed by atoms with Gasteiger partial charge in [-0.05, 0) is 44.0 Å². The van der Waals surface area contributed by atoms with E-state index in [0.717, 1.165) is 6.42 Å². The summed E-state index contributed by atoms with van der Waals surface area (Å²) in [6.45, 7) is 3.01. The zero-order valence-corrected chi connectivity index (χ0v) is 17.3. The zero-order valence-electron chi connectivity index (χ0n) is 16.5. The van der Waals surface area contributed by atoms with Gasteiger partial charge < -0.3 is 9.64 Å². The fraction of sp³-hybridized carbons (Fsp3) is 0.444. The standard InChI is InChI=1S/C18H23N5O6S/c1-2-29-18-16(23(25)26)13-21(20-18)11-4-10-19-30(27,28)15-8-6-14(7-9-15)22-12-3-5-17(22)24/h6-9,13,19H,2-5,10-12H2,1H3. The van der Waals surface area contributed by atoms with E-state index in [9.17, 15) is 23.3 Å². The van der Waals surface area contributed by atoms with E-state index < -0.39 is 14.9 Å². The number of hydrogen-bond acceptors (Lipinski definition) is 7. The van der Waals surface area contributed by atoms with Crippen LogP contribution in [-0.4, -0.2) is 48.7 Å². The normalized spacial score (nSPS) is 14.3. The number of nitrogens with zero attached hydrogens (tertiary/aromatic N) is 4. The van der Waals surface area contributed by atoms with E-state index in [1.807, 2.05) is 0 Å². The van der Waals surface area contributed by atoms with E-state index in [-0.39, 0.29) is 42.1 Å². The number of ether oxygens (including phenoxy) is 1. The first-order valence-electron chi connectivity index (χ1n) is 9.56. The van der Waals surface area contributed by atoms with Crippen LogP contribution in [0.4, 0.5) is 11.4 Å². The van der Waals surface area contributed by atoms with Crippen molar-refractivity contribution in [3.05, 3.63) is 40.6 Å². The lowest BCUT2D eigenvalue weighted by molar-refractivity contribution is -0.385. The van der Waals surface area contributed by atoms with Crippen LogP contribution in [0.1, 0.15) is 26.2 Å². The third-order valence-corrected chi connectivity index (χ3v) is 6.05. The molecule has 1 fully saturated rings. The Balaban J connectivity index is 1.55. The van der Waals surface area contributed by atoms with Crippen molar-refractivity contribution in [1.82, 2.24) is 14.5 Å². The number of amides is 1. The molecule has 1 aliphatic rings. The lowest BCUT2D eigenvalue weighted by atomic mass is 10.3. The van der Waals surface area contributed by atoms with Gasteiger partial charge in [-0.2, -0.15) is 0 Å². The van der Waals surface area contributed by atoms with Crippen LogP contribution in [0.15, 0.2) is 35.4 Å². The Labute approximate surface area is 173 Å². The van der Waals surface area contributed by atoms with E-state index in [0.29, 0.717) is 25.1 Å². The van der Waals surface area contributed by atoms with Gasteiger partial charge in [0.25, 0.3) is 0 Å². The third-order valence-electron chi connectivity index (χ3n) is 4.58. The SMILES string of the molecule is CCOc1nn(CCCNS(=O)(=O)c2ccc(N3CCCC3=O)cc2)cc1[N+](=O)[O-].